The van der Waals surface area contributed by atoms with Gasteiger partial charge in [-0.15, -0.1) is 0 Å². The smallest absolute Gasteiger partial charge is 0.163 e. The van der Waals surface area contributed by atoms with E-state index in [1.807, 2.05) is 13.0 Å². The van der Waals surface area contributed by atoms with E-state index in [0.29, 0.717) is 37.7 Å². The summed E-state index contributed by atoms with van der Waals surface area (Å²) in [4.78, 5) is 25.0. The molecule has 0 aliphatic heterocycles. The Morgan fingerprint density at radius 3 is 2.70 bits per heavy atom. The molecule has 124 valence electrons. The molecule has 4 nitrogen and oxygen atoms in total. The molecule has 2 aliphatic carbocycles. The first kappa shape index (κ1) is 16.2. The van der Waals surface area contributed by atoms with Crippen LogP contribution in [0.5, 0.6) is 5.75 Å². The molecule has 0 spiro atoms. The minimum atomic E-state index is -0.556. The van der Waals surface area contributed by atoms with E-state index in [1.165, 1.54) is 0 Å². The SMILES string of the molecule is COc1ccc2c(c1)CC[C@@H](O)C1CCC(=O)[C@@]1(C)CCC2=O. The van der Waals surface area contributed by atoms with Crippen LogP contribution in [0.25, 0.3) is 0 Å². The van der Waals surface area contributed by atoms with Crippen molar-refractivity contribution >= 4 is 11.6 Å². The molecule has 0 heterocycles. The van der Waals surface area contributed by atoms with Crippen LogP contribution in [0.4, 0.5) is 0 Å². The van der Waals surface area contributed by atoms with Gasteiger partial charge in [-0.25, -0.2) is 0 Å². The van der Waals surface area contributed by atoms with Gasteiger partial charge in [-0.3, -0.25) is 9.59 Å². The third kappa shape index (κ3) is 2.80. The highest BCUT2D eigenvalue weighted by atomic mass is 16.5. The normalized spacial score (nSPS) is 31.4. The molecule has 1 aromatic carbocycles. The molecule has 1 fully saturated rings. The fourth-order valence-corrected chi connectivity index (χ4v) is 4.23. The summed E-state index contributed by atoms with van der Waals surface area (Å²) in [7, 11) is 1.61. The minimum absolute atomic E-state index is 0.0324. The first-order valence-electron chi connectivity index (χ1n) is 8.37. The van der Waals surface area contributed by atoms with Crippen LogP contribution in [0.15, 0.2) is 18.2 Å². The van der Waals surface area contributed by atoms with E-state index in [-0.39, 0.29) is 17.5 Å². The molecule has 3 atom stereocenters. The van der Waals surface area contributed by atoms with Gasteiger partial charge in [-0.1, -0.05) is 6.92 Å². The first-order valence-corrected chi connectivity index (χ1v) is 8.37. The van der Waals surface area contributed by atoms with Crippen LogP contribution in [0.2, 0.25) is 0 Å². The molecule has 1 aromatic rings. The van der Waals surface area contributed by atoms with Crippen molar-refractivity contribution < 1.29 is 19.4 Å². The number of aliphatic hydroxyl groups is 1. The summed E-state index contributed by atoms with van der Waals surface area (Å²) in [5.74, 6) is 0.975. The highest BCUT2D eigenvalue weighted by Gasteiger charge is 2.48. The number of hydrogen-bond donors (Lipinski definition) is 1. The quantitative estimate of drug-likeness (QED) is 0.865. The fraction of sp³-hybridized carbons (Fsp3) is 0.579. The lowest BCUT2D eigenvalue weighted by Crippen LogP contribution is -2.37. The molecule has 0 bridgehead atoms. The first-order chi connectivity index (χ1) is 11.0. The van der Waals surface area contributed by atoms with Crippen LogP contribution in [-0.4, -0.2) is 29.9 Å². The number of rotatable bonds is 1. The number of fused-ring (bicyclic) bond motifs is 2. The average molecular weight is 316 g/mol. The van der Waals surface area contributed by atoms with Crippen molar-refractivity contribution in [2.75, 3.05) is 7.11 Å². The van der Waals surface area contributed by atoms with E-state index >= 15 is 0 Å². The van der Waals surface area contributed by atoms with Crippen LogP contribution in [0.1, 0.15) is 54.9 Å². The van der Waals surface area contributed by atoms with E-state index in [0.717, 1.165) is 17.7 Å². The fourth-order valence-electron chi connectivity index (χ4n) is 4.23. The van der Waals surface area contributed by atoms with Gasteiger partial charge in [0.25, 0.3) is 0 Å². The average Bonchev–Trinajstić information content (AvgIpc) is 2.85. The Morgan fingerprint density at radius 2 is 1.96 bits per heavy atom. The lowest BCUT2D eigenvalue weighted by Gasteiger charge is -2.34. The van der Waals surface area contributed by atoms with Crippen LogP contribution >= 0.6 is 0 Å². The van der Waals surface area contributed by atoms with E-state index in [4.69, 9.17) is 4.74 Å². The van der Waals surface area contributed by atoms with Gasteiger partial charge in [0.1, 0.15) is 11.5 Å². The van der Waals surface area contributed by atoms with Gasteiger partial charge in [-0.05, 0) is 55.4 Å². The van der Waals surface area contributed by atoms with Crippen molar-refractivity contribution in [3.63, 3.8) is 0 Å². The molecular weight excluding hydrogens is 292 g/mol. The summed E-state index contributed by atoms with van der Waals surface area (Å²) < 4.78 is 5.25. The molecule has 1 unspecified atom stereocenters. The Morgan fingerprint density at radius 1 is 1.17 bits per heavy atom. The lowest BCUT2D eigenvalue weighted by molar-refractivity contribution is -0.128. The zero-order chi connectivity index (χ0) is 16.6. The number of benzene rings is 1. The second-order valence-corrected chi connectivity index (χ2v) is 7.04. The largest absolute Gasteiger partial charge is 0.497 e. The number of aliphatic hydroxyl groups excluding tert-OH is 1. The summed E-state index contributed by atoms with van der Waals surface area (Å²) in [6.45, 7) is 1.93. The van der Waals surface area contributed by atoms with Gasteiger partial charge >= 0.3 is 0 Å². The zero-order valence-electron chi connectivity index (χ0n) is 13.8. The second-order valence-electron chi connectivity index (χ2n) is 7.04. The number of carbonyl (C=O) groups is 2. The van der Waals surface area contributed by atoms with E-state index < -0.39 is 11.5 Å². The second kappa shape index (κ2) is 6.08. The highest BCUT2D eigenvalue weighted by molar-refractivity contribution is 5.98. The van der Waals surface area contributed by atoms with Gasteiger partial charge in [0, 0.05) is 23.8 Å². The van der Waals surface area contributed by atoms with Crippen molar-refractivity contribution in [2.24, 2.45) is 11.3 Å². The van der Waals surface area contributed by atoms with Crippen molar-refractivity contribution in [1.82, 2.24) is 0 Å². The molecular formula is C19H24O4. The number of ether oxygens (including phenoxy) is 1. The Bertz CT molecular complexity index is 636. The van der Waals surface area contributed by atoms with Crippen LogP contribution in [-0.2, 0) is 11.2 Å². The van der Waals surface area contributed by atoms with Crippen molar-refractivity contribution in [3.05, 3.63) is 29.3 Å². The Hall–Kier alpha value is -1.68. The Kier molecular flexibility index (Phi) is 4.28. The minimum Gasteiger partial charge on any atom is -0.497 e. The lowest BCUT2D eigenvalue weighted by atomic mass is 9.70. The van der Waals surface area contributed by atoms with Gasteiger partial charge in [0.15, 0.2) is 5.78 Å². The number of ketones is 2. The molecule has 3 rings (SSSR count). The predicted octanol–water partition coefficient (Wildman–Crippen LogP) is 2.95. The zero-order valence-corrected chi connectivity index (χ0v) is 13.8. The maximum atomic E-state index is 12.6. The summed E-state index contributed by atoms with van der Waals surface area (Å²) in [6.07, 6.45) is 2.82. The number of Topliss-reactive ketones (excluding diaryl/α,β-unsaturated/α-hetero) is 2. The standard InChI is InChI=1S/C19H24O4/c1-19-10-9-16(20)14-5-4-13(23-2)11-12(14)3-7-17(21)15(19)6-8-18(19)22/h4-5,11,15,17,21H,3,6-10H2,1-2H3/t15?,17-,19+/m1/s1. The summed E-state index contributed by atoms with van der Waals surface area (Å²) in [5.41, 5.74) is 1.07. The monoisotopic (exact) mass is 316 g/mol. The van der Waals surface area contributed by atoms with Crippen molar-refractivity contribution in [3.8, 4) is 5.75 Å². The van der Waals surface area contributed by atoms with Crippen LogP contribution < -0.4 is 4.74 Å². The molecule has 0 aromatic heterocycles. The van der Waals surface area contributed by atoms with E-state index in [2.05, 4.69) is 0 Å². The van der Waals surface area contributed by atoms with Crippen LogP contribution in [0.3, 0.4) is 0 Å². The molecule has 1 N–H and O–H groups in total. The number of hydrogen-bond acceptors (Lipinski definition) is 4. The summed E-state index contributed by atoms with van der Waals surface area (Å²) in [6, 6.07) is 5.49. The van der Waals surface area contributed by atoms with Crippen LogP contribution in [0, 0.1) is 11.3 Å². The van der Waals surface area contributed by atoms with E-state index in [1.54, 1.807) is 19.2 Å². The third-order valence-electron chi connectivity index (χ3n) is 5.80. The molecule has 2 aliphatic rings. The molecule has 0 amide bonds. The molecule has 0 radical (unpaired) electrons. The number of methoxy groups -OCH3 is 1. The maximum Gasteiger partial charge on any atom is 0.163 e. The predicted molar refractivity (Wildman–Crippen MR) is 86.7 cm³/mol. The van der Waals surface area contributed by atoms with Gasteiger partial charge in [0.2, 0.25) is 0 Å². The molecule has 1 saturated carbocycles. The van der Waals surface area contributed by atoms with Crippen molar-refractivity contribution in [2.45, 2.75) is 51.6 Å². The number of aryl methyl sites for hydroxylation is 1. The van der Waals surface area contributed by atoms with Gasteiger partial charge in [-0.2, -0.15) is 0 Å². The molecule has 23 heavy (non-hydrogen) atoms. The van der Waals surface area contributed by atoms with E-state index in [9.17, 15) is 14.7 Å². The number of carbonyl (C=O) groups excluding carboxylic acids is 2. The summed E-state index contributed by atoms with van der Waals surface area (Å²) in [5, 5.41) is 10.6. The Balaban J connectivity index is 1.96. The molecule has 0 saturated heterocycles. The molecule has 4 heteroatoms. The summed E-state index contributed by atoms with van der Waals surface area (Å²) >= 11 is 0. The van der Waals surface area contributed by atoms with Crippen molar-refractivity contribution in [1.29, 1.82) is 0 Å². The Labute approximate surface area is 136 Å². The third-order valence-corrected chi connectivity index (χ3v) is 5.80. The maximum absolute atomic E-state index is 12.6. The van der Waals surface area contributed by atoms with Gasteiger partial charge in [0.05, 0.1) is 13.2 Å². The topological polar surface area (TPSA) is 63.6 Å². The highest BCUT2D eigenvalue weighted by Crippen LogP contribution is 2.47. The van der Waals surface area contributed by atoms with Gasteiger partial charge < -0.3 is 9.84 Å².